The Balaban J connectivity index is 2.52. The van der Waals surface area contributed by atoms with E-state index in [1.54, 1.807) is 0 Å². The highest BCUT2D eigenvalue weighted by molar-refractivity contribution is 7.91. The lowest BCUT2D eigenvalue weighted by molar-refractivity contribution is -0.119. The number of aromatic nitrogens is 1. The van der Waals surface area contributed by atoms with E-state index in [2.05, 4.69) is 19.4 Å². The van der Waals surface area contributed by atoms with Crippen molar-refractivity contribution in [3.8, 4) is 0 Å². The minimum atomic E-state index is -4.46. The molecule has 2 aromatic rings. The van der Waals surface area contributed by atoms with E-state index in [4.69, 9.17) is 11.5 Å². The van der Waals surface area contributed by atoms with Crippen molar-refractivity contribution in [3.05, 3.63) is 57.3 Å². The van der Waals surface area contributed by atoms with Crippen LogP contribution in [0.2, 0.25) is 0 Å². The number of carbonyl (C=O) groups is 3. The summed E-state index contributed by atoms with van der Waals surface area (Å²) in [7, 11) is -3.38. The van der Waals surface area contributed by atoms with Gasteiger partial charge in [0.05, 0.1) is 30.2 Å². The number of aryl methyl sites for hydroxylation is 1. The number of aldehydes is 1. The maximum atomic E-state index is 13.9. The molecule has 0 aliphatic heterocycles. The molecule has 0 saturated carbocycles. The lowest BCUT2D eigenvalue weighted by Crippen LogP contribution is -2.42. The van der Waals surface area contributed by atoms with Gasteiger partial charge in [0.15, 0.2) is 5.96 Å². The summed E-state index contributed by atoms with van der Waals surface area (Å²) in [6.45, 7) is 2.82. The summed E-state index contributed by atoms with van der Waals surface area (Å²) in [5, 5.41) is 0. The summed E-state index contributed by atoms with van der Waals surface area (Å²) in [6.07, 6.45) is 0.884. The standard InChI is InChI=1S/C23H29FN6O7S/c1-13-9-19(30(14(2)32)17(11-31)5-4-8-27-23(25)26)20(21(33)28-13)29-38(35,36)12-15-10-16(24)6-7-18(15)22(34)37-3/h6-7,9-11,17,29H,4-5,8,12H2,1-3H3,(H,28,33)(H4,25,26,27)/t17-/m0/s1. The number of hydrogen-bond donors (Lipinski definition) is 4. The summed E-state index contributed by atoms with van der Waals surface area (Å²) in [6, 6.07) is 3.14. The van der Waals surface area contributed by atoms with Crippen molar-refractivity contribution in [1.82, 2.24) is 4.98 Å². The van der Waals surface area contributed by atoms with Crippen LogP contribution in [0.25, 0.3) is 0 Å². The number of carbonyl (C=O) groups excluding carboxylic acids is 3. The first-order chi connectivity index (χ1) is 17.8. The number of sulfonamides is 1. The molecule has 0 spiro atoms. The molecule has 6 N–H and O–H groups in total. The molecule has 13 nitrogen and oxygen atoms in total. The van der Waals surface area contributed by atoms with Gasteiger partial charge in [-0.1, -0.05) is 0 Å². The third kappa shape index (κ3) is 7.86. The second-order valence-corrected chi connectivity index (χ2v) is 9.96. The number of guanidine groups is 1. The number of pyridine rings is 1. The van der Waals surface area contributed by atoms with Crippen molar-refractivity contribution in [3.63, 3.8) is 0 Å². The highest BCUT2D eigenvalue weighted by Crippen LogP contribution is 2.28. The Kier molecular flexibility index (Phi) is 10.1. The molecular weight excluding hydrogens is 523 g/mol. The van der Waals surface area contributed by atoms with E-state index in [0.717, 1.165) is 37.1 Å². The average Bonchev–Trinajstić information content (AvgIpc) is 2.81. The van der Waals surface area contributed by atoms with E-state index < -0.39 is 50.8 Å². The van der Waals surface area contributed by atoms with Crippen LogP contribution in [0.3, 0.4) is 0 Å². The van der Waals surface area contributed by atoms with Gasteiger partial charge in [-0.3, -0.25) is 19.3 Å². The molecule has 2 rings (SSSR count). The summed E-state index contributed by atoms with van der Waals surface area (Å²) in [4.78, 5) is 56.7. The molecule has 0 aliphatic rings. The molecule has 1 amide bonds. The van der Waals surface area contributed by atoms with E-state index in [9.17, 15) is 32.0 Å². The van der Waals surface area contributed by atoms with Gasteiger partial charge >= 0.3 is 5.97 Å². The number of nitrogens with one attached hydrogen (secondary N) is 2. The minimum absolute atomic E-state index is 0.101. The van der Waals surface area contributed by atoms with Crippen LogP contribution in [-0.4, -0.2) is 57.2 Å². The number of ether oxygens (including phenoxy) is 1. The molecule has 1 heterocycles. The molecule has 0 saturated heterocycles. The van der Waals surface area contributed by atoms with Crippen LogP contribution < -0.4 is 26.6 Å². The number of esters is 1. The van der Waals surface area contributed by atoms with Crippen LogP contribution in [-0.2, 0) is 30.1 Å². The fraction of sp³-hybridized carbons (Fsp3) is 0.348. The maximum absolute atomic E-state index is 13.9. The minimum Gasteiger partial charge on any atom is -0.465 e. The van der Waals surface area contributed by atoms with Crippen molar-refractivity contribution in [1.29, 1.82) is 0 Å². The van der Waals surface area contributed by atoms with Crippen molar-refractivity contribution in [2.45, 2.75) is 38.5 Å². The Labute approximate surface area is 218 Å². The van der Waals surface area contributed by atoms with Crippen LogP contribution in [0.15, 0.2) is 34.1 Å². The monoisotopic (exact) mass is 552 g/mol. The molecule has 206 valence electrons. The lowest BCUT2D eigenvalue weighted by atomic mass is 10.1. The topological polar surface area (TPSA) is 207 Å². The molecular formula is C23H29FN6O7S. The first kappa shape index (κ1) is 30.0. The number of nitrogens with zero attached hydrogens (tertiary/aromatic N) is 2. The summed E-state index contributed by atoms with van der Waals surface area (Å²) in [5.74, 6) is -3.38. The van der Waals surface area contributed by atoms with Gasteiger partial charge in [-0.05, 0) is 49.6 Å². The Morgan fingerprint density at radius 1 is 1.29 bits per heavy atom. The van der Waals surface area contributed by atoms with Crippen molar-refractivity contribution < 1.29 is 31.9 Å². The van der Waals surface area contributed by atoms with Crippen LogP contribution in [0.4, 0.5) is 15.8 Å². The number of H-pyrrole nitrogens is 1. The third-order valence-electron chi connectivity index (χ3n) is 5.26. The number of methoxy groups -OCH3 is 1. The van der Waals surface area contributed by atoms with Crippen molar-refractivity contribution in [2.75, 3.05) is 23.3 Å². The third-order valence-corrected chi connectivity index (χ3v) is 6.47. The second-order valence-electron chi connectivity index (χ2n) is 8.24. The maximum Gasteiger partial charge on any atom is 0.338 e. The lowest BCUT2D eigenvalue weighted by Gasteiger charge is -2.29. The zero-order valence-electron chi connectivity index (χ0n) is 21.0. The smallest absolute Gasteiger partial charge is 0.338 e. The number of hydrogen-bond acceptors (Lipinski definition) is 8. The number of benzene rings is 1. The second kappa shape index (κ2) is 12.8. The molecule has 0 radical (unpaired) electrons. The summed E-state index contributed by atoms with van der Waals surface area (Å²) >= 11 is 0. The fourth-order valence-corrected chi connectivity index (χ4v) is 4.92. The van der Waals surface area contributed by atoms with Gasteiger partial charge in [0.1, 0.15) is 17.8 Å². The van der Waals surface area contributed by atoms with E-state index in [-0.39, 0.29) is 41.4 Å². The molecule has 1 aromatic heterocycles. The van der Waals surface area contributed by atoms with E-state index in [0.29, 0.717) is 12.7 Å². The summed E-state index contributed by atoms with van der Waals surface area (Å²) < 4.78 is 46.8. The Morgan fingerprint density at radius 3 is 2.55 bits per heavy atom. The first-order valence-corrected chi connectivity index (χ1v) is 12.9. The van der Waals surface area contributed by atoms with Gasteiger partial charge in [-0.15, -0.1) is 0 Å². The Hall–Kier alpha value is -4.27. The van der Waals surface area contributed by atoms with E-state index >= 15 is 0 Å². The number of amides is 1. The number of aromatic amines is 1. The molecule has 1 atom stereocenters. The molecule has 15 heteroatoms. The van der Waals surface area contributed by atoms with Gasteiger partial charge in [-0.25, -0.2) is 17.6 Å². The van der Waals surface area contributed by atoms with Crippen molar-refractivity contribution in [2.24, 2.45) is 16.5 Å². The SMILES string of the molecule is COC(=O)c1ccc(F)cc1CS(=O)(=O)Nc1c(N(C(C)=O)[C@H](C=O)CCCN=C(N)N)cc(C)[nH]c1=O. The van der Waals surface area contributed by atoms with Crippen LogP contribution in [0, 0.1) is 12.7 Å². The highest BCUT2D eigenvalue weighted by atomic mass is 32.2. The van der Waals surface area contributed by atoms with Gasteiger partial charge in [0.2, 0.25) is 15.9 Å². The molecule has 0 unspecified atom stereocenters. The largest absolute Gasteiger partial charge is 0.465 e. The zero-order valence-corrected chi connectivity index (χ0v) is 21.8. The molecule has 1 aromatic carbocycles. The number of rotatable bonds is 12. The molecule has 0 bridgehead atoms. The van der Waals surface area contributed by atoms with E-state index in [1.165, 1.54) is 13.0 Å². The van der Waals surface area contributed by atoms with Crippen molar-refractivity contribution >= 4 is 45.5 Å². The number of anilines is 2. The van der Waals surface area contributed by atoms with Crippen LogP contribution in [0.1, 0.15) is 41.4 Å². The van der Waals surface area contributed by atoms with Gasteiger partial charge in [-0.2, -0.15) is 0 Å². The zero-order chi connectivity index (χ0) is 28.6. The van der Waals surface area contributed by atoms with E-state index in [1.807, 2.05) is 0 Å². The quantitative estimate of drug-likeness (QED) is 0.0950. The number of nitrogens with two attached hydrogens (primary N) is 2. The first-order valence-electron chi connectivity index (χ1n) is 11.2. The predicted octanol–water partition coefficient (Wildman–Crippen LogP) is 0.525. The highest BCUT2D eigenvalue weighted by Gasteiger charge is 2.29. The Bertz CT molecular complexity index is 1400. The predicted molar refractivity (Wildman–Crippen MR) is 139 cm³/mol. The Morgan fingerprint density at radius 2 is 1.97 bits per heavy atom. The molecule has 0 aliphatic carbocycles. The summed E-state index contributed by atoms with van der Waals surface area (Å²) in [5.41, 5.74) is 8.85. The average molecular weight is 553 g/mol. The normalized spacial score (nSPS) is 11.8. The molecule has 38 heavy (non-hydrogen) atoms. The van der Waals surface area contributed by atoms with Crippen LogP contribution in [0.5, 0.6) is 0 Å². The fourth-order valence-electron chi connectivity index (χ4n) is 3.70. The van der Waals surface area contributed by atoms with Crippen LogP contribution >= 0.6 is 0 Å². The number of halogens is 1. The molecule has 0 fully saturated rings. The van der Waals surface area contributed by atoms with Gasteiger partial charge < -0.3 is 30.9 Å². The number of aliphatic imine (C=N–C) groups is 1. The van der Waals surface area contributed by atoms with Gasteiger partial charge in [0, 0.05) is 19.2 Å². The van der Waals surface area contributed by atoms with Gasteiger partial charge in [0.25, 0.3) is 5.56 Å².